The molecule has 3 aromatic rings. The van der Waals surface area contributed by atoms with Crippen molar-refractivity contribution in [3.05, 3.63) is 51.7 Å². The predicted molar refractivity (Wildman–Crippen MR) is 100 cm³/mol. The highest BCUT2D eigenvalue weighted by Gasteiger charge is 2.16. The molecule has 1 N–H and O–H groups in total. The van der Waals surface area contributed by atoms with Crippen LogP contribution in [0.3, 0.4) is 0 Å². The molecule has 0 aliphatic rings. The van der Waals surface area contributed by atoms with Gasteiger partial charge >= 0.3 is 0 Å². The predicted octanol–water partition coefficient (Wildman–Crippen LogP) is 2.09. The standard InChI is InChI=1S/C18H22N4O3S/c1-4-7-14-16-17(22(5-2)21-14)18(23)20-15(19-16)11-12-8-6-9-13(10-12)26(3,24)25/h6,8-10H,4-5,7,11H2,1-3H3,(H,19,20,23). The van der Waals surface area contributed by atoms with Crippen molar-refractivity contribution >= 4 is 20.9 Å². The number of rotatable bonds is 6. The SMILES string of the molecule is CCCc1nn(CC)c2c(=O)[nH]c(Cc3cccc(S(C)(=O)=O)c3)nc12. The van der Waals surface area contributed by atoms with Crippen LogP contribution in [0, 0.1) is 0 Å². The number of hydrogen-bond donors (Lipinski definition) is 1. The molecule has 0 saturated carbocycles. The lowest BCUT2D eigenvalue weighted by Crippen LogP contribution is -2.15. The van der Waals surface area contributed by atoms with Gasteiger partial charge < -0.3 is 4.98 Å². The van der Waals surface area contributed by atoms with E-state index in [-0.39, 0.29) is 10.5 Å². The first-order chi connectivity index (χ1) is 12.3. The number of hydrogen-bond acceptors (Lipinski definition) is 5. The second kappa shape index (κ2) is 7.03. The van der Waals surface area contributed by atoms with E-state index in [9.17, 15) is 13.2 Å². The van der Waals surface area contributed by atoms with Crippen molar-refractivity contribution in [3.63, 3.8) is 0 Å². The van der Waals surface area contributed by atoms with Crippen LogP contribution in [0.25, 0.3) is 11.0 Å². The smallest absolute Gasteiger partial charge is 0.277 e. The Bertz CT molecular complexity index is 1110. The van der Waals surface area contributed by atoms with Crippen LogP contribution in [0.2, 0.25) is 0 Å². The Kier molecular flexibility index (Phi) is 4.95. The van der Waals surface area contributed by atoms with Gasteiger partial charge in [0.2, 0.25) is 0 Å². The highest BCUT2D eigenvalue weighted by Crippen LogP contribution is 2.17. The summed E-state index contributed by atoms with van der Waals surface area (Å²) >= 11 is 0. The van der Waals surface area contributed by atoms with Gasteiger partial charge in [-0.25, -0.2) is 13.4 Å². The number of aryl methyl sites for hydroxylation is 2. The summed E-state index contributed by atoms with van der Waals surface area (Å²) in [6, 6.07) is 6.69. The molecule has 3 rings (SSSR count). The monoisotopic (exact) mass is 374 g/mol. The molecule has 1 aromatic carbocycles. The number of nitrogens with zero attached hydrogens (tertiary/aromatic N) is 3. The Morgan fingerprint density at radius 3 is 2.65 bits per heavy atom. The Balaban J connectivity index is 2.07. The molecule has 2 aromatic heterocycles. The molecule has 8 heteroatoms. The molecular weight excluding hydrogens is 352 g/mol. The second-order valence-corrected chi connectivity index (χ2v) is 8.33. The zero-order valence-electron chi connectivity index (χ0n) is 15.1. The molecule has 0 aliphatic carbocycles. The lowest BCUT2D eigenvalue weighted by Gasteiger charge is -2.05. The number of sulfone groups is 1. The first-order valence-corrected chi connectivity index (χ1v) is 10.5. The Morgan fingerprint density at radius 1 is 1.23 bits per heavy atom. The average Bonchev–Trinajstić information content (AvgIpc) is 2.93. The molecule has 138 valence electrons. The van der Waals surface area contributed by atoms with Crippen LogP contribution in [0.15, 0.2) is 34.0 Å². The molecule has 0 bridgehead atoms. The van der Waals surface area contributed by atoms with Crippen LogP contribution in [0.1, 0.15) is 37.4 Å². The van der Waals surface area contributed by atoms with E-state index in [0.29, 0.717) is 29.8 Å². The van der Waals surface area contributed by atoms with Gasteiger partial charge in [0.25, 0.3) is 5.56 Å². The normalized spacial score (nSPS) is 12.0. The maximum Gasteiger partial charge on any atom is 0.277 e. The van der Waals surface area contributed by atoms with Gasteiger partial charge in [-0.2, -0.15) is 5.10 Å². The summed E-state index contributed by atoms with van der Waals surface area (Å²) in [6.45, 7) is 4.59. The largest absolute Gasteiger partial charge is 0.308 e. The summed E-state index contributed by atoms with van der Waals surface area (Å²) in [5.74, 6) is 0.501. The molecule has 0 aliphatic heterocycles. The highest BCUT2D eigenvalue weighted by atomic mass is 32.2. The molecule has 26 heavy (non-hydrogen) atoms. The highest BCUT2D eigenvalue weighted by molar-refractivity contribution is 7.90. The first-order valence-electron chi connectivity index (χ1n) is 8.61. The Hall–Kier alpha value is -2.48. The Morgan fingerprint density at radius 2 is 2.00 bits per heavy atom. The van der Waals surface area contributed by atoms with Crippen molar-refractivity contribution in [2.75, 3.05) is 6.26 Å². The fraction of sp³-hybridized carbons (Fsp3) is 0.389. The number of aromatic nitrogens is 4. The van der Waals surface area contributed by atoms with E-state index in [4.69, 9.17) is 0 Å². The summed E-state index contributed by atoms with van der Waals surface area (Å²) in [7, 11) is -3.28. The molecule has 0 saturated heterocycles. The zero-order chi connectivity index (χ0) is 18.9. The first kappa shape index (κ1) is 18.3. The number of nitrogens with one attached hydrogen (secondary N) is 1. The molecule has 0 fully saturated rings. The number of H-pyrrole nitrogens is 1. The average molecular weight is 374 g/mol. The van der Waals surface area contributed by atoms with Crippen molar-refractivity contribution in [1.82, 2.24) is 19.7 Å². The fourth-order valence-corrected chi connectivity index (χ4v) is 3.69. The maximum absolute atomic E-state index is 12.6. The van der Waals surface area contributed by atoms with Crippen molar-refractivity contribution in [2.45, 2.75) is 44.6 Å². The minimum absolute atomic E-state index is 0.221. The summed E-state index contributed by atoms with van der Waals surface area (Å²) < 4.78 is 25.1. The molecule has 0 spiro atoms. The molecule has 7 nitrogen and oxygen atoms in total. The van der Waals surface area contributed by atoms with Crippen LogP contribution in [-0.4, -0.2) is 34.4 Å². The van der Waals surface area contributed by atoms with E-state index in [2.05, 4.69) is 22.0 Å². The topological polar surface area (TPSA) is 97.7 Å². The number of aromatic amines is 1. The summed E-state index contributed by atoms with van der Waals surface area (Å²) in [6.07, 6.45) is 3.19. The third-order valence-corrected chi connectivity index (χ3v) is 5.31. The van der Waals surface area contributed by atoms with E-state index in [1.807, 2.05) is 13.0 Å². The van der Waals surface area contributed by atoms with Gasteiger partial charge in [-0.05, 0) is 31.0 Å². The fourth-order valence-electron chi connectivity index (χ4n) is 2.99. The van der Waals surface area contributed by atoms with Gasteiger partial charge in [0.05, 0.1) is 10.6 Å². The molecular formula is C18H22N4O3S. The minimum Gasteiger partial charge on any atom is -0.308 e. The van der Waals surface area contributed by atoms with Crippen LogP contribution < -0.4 is 5.56 Å². The van der Waals surface area contributed by atoms with Gasteiger partial charge in [0, 0.05) is 19.2 Å². The lowest BCUT2D eigenvalue weighted by molar-refractivity contribution is 0.601. The van der Waals surface area contributed by atoms with Crippen LogP contribution in [0.5, 0.6) is 0 Å². The summed E-state index contributed by atoms with van der Waals surface area (Å²) in [5, 5.41) is 4.51. The van der Waals surface area contributed by atoms with Gasteiger partial charge in [-0.1, -0.05) is 25.5 Å². The quantitative estimate of drug-likeness (QED) is 0.712. The van der Waals surface area contributed by atoms with Crippen molar-refractivity contribution in [2.24, 2.45) is 0 Å². The van der Waals surface area contributed by atoms with E-state index in [1.165, 1.54) is 6.26 Å². The van der Waals surface area contributed by atoms with Crippen molar-refractivity contribution in [1.29, 1.82) is 0 Å². The lowest BCUT2D eigenvalue weighted by atomic mass is 10.1. The van der Waals surface area contributed by atoms with Crippen LogP contribution in [0.4, 0.5) is 0 Å². The minimum atomic E-state index is -3.28. The molecule has 0 radical (unpaired) electrons. The summed E-state index contributed by atoms with van der Waals surface area (Å²) in [5.41, 5.74) is 2.49. The van der Waals surface area contributed by atoms with Crippen molar-refractivity contribution in [3.8, 4) is 0 Å². The summed E-state index contributed by atoms with van der Waals surface area (Å²) in [4.78, 5) is 20.2. The van der Waals surface area contributed by atoms with E-state index in [1.54, 1.807) is 22.9 Å². The molecule has 0 unspecified atom stereocenters. The zero-order valence-corrected chi connectivity index (χ0v) is 15.9. The van der Waals surface area contributed by atoms with E-state index >= 15 is 0 Å². The van der Waals surface area contributed by atoms with Gasteiger partial charge in [-0.15, -0.1) is 0 Å². The molecule has 2 heterocycles. The van der Waals surface area contributed by atoms with Crippen molar-refractivity contribution < 1.29 is 8.42 Å². The second-order valence-electron chi connectivity index (χ2n) is 6.32. The number of fused-ring (bicyclic) bond motifs is 1. The maximum atomic E-state index is 12.6. The van der Waals surface area contributed by atoms with Gasteiger partial charge in [0.1, 0.15) is 11.3 Å². The third-order valence-electron chi connectivity index (χ3n) is 4.20. The third kappa shape index (κ3) is 3.55. The number of benzene rings is 1. The molecule has 0 atom stereocenters. The van der Waals surface area contributed by atoms with E-state index in [0.717, 1.165) is 24.1 Å². The van der Waals surface area contributed by atoms with Gasteiger partial charge in [-0.3, -0.25) is 9.48 Å². The van der Waals surface area contributed by atoms with Crippen LogP contribution >= 0.6 is 0 Å². The van der Waals surface area contributed by atoms with E-state index < -0.39 is 9.84 Å². The molecule has 0 amide bonds. The van der Waals surface area contributed by atoms with Gasteiger partial charge in [0.15, 0.2) is 15.4 Å². The van der Waals surface area contributed by atoms with Crippen LogP contribution in [-0.2, 0) is 29.2 Å². The Labute approximate surface area is 152 Å².